The summed E-state index contributed by atoms with van der Waals surface area (Å²) >= 11 is 1.90. The summed E-state index contributed by atoms with van der Waals surface area (Å²) in [6, 6.07) is 0. The van der Waals surface area contributed by atoms with E-state index < -0.39 is 0 Å². The Morgan fingerprint density at radius 1 is 1.41 bits per heavy atom. The van der Waals surface area contributed by atoms with E-state index in [1.807, 2.05) is 18.0 Å². The van der Waals surface area contributed by atoms with E-state index in [1.54, 1.807) is 0 Å². The number of hydrogen-bond acceptors (Lipinski definition) is 3. The fourth-order valence-electron chi connectivity index (χ4n) is 1.68. The molecule has 98 valence electrons. The van der Waals surface area contributed by atoms with E-state index in [9.17, 15) is 0 Å². The van der Waals surface area contributed by atoms with E-state index >= 15 is 0 Å². The average Bonchev–Trinajstić information content (AvgIpc) is 2.57. The normalized spacial score (nSPS) is 12.1. The SMILES string of the molecule is CSCCCn1c(CNC(C)(C)C)cnc1C. The molecule has 0 radical (unpaired) electrons. The van der Waals surface area contributed by atoms with Crippen LogP contribution in [-0.2, 0) is 13.1 Å². The molecular formula is C13H25N3S. The Labute approximate surface area is 109 Å². The predicted octanol–water partition coefficient (Wildman–Crippen LogP) is 2.83. The minimum absolute atomic E-state index is 0.155. The van der Waals surface area contributed by atoms with Crippen LogP contribution in [0.3, 0.4) is 0 Å². The van der Waals surface area contributed by atoms with Gasteiger partial charge < -0.3 is 9.88 Å². The van der Waals surface area contributed by atoms with Gasteiger partial charge in [0.2, 0.25) is 0 Å². The number of hydrogen-bond donors (Lipinski definition) is 1. The van der Waals surface area contributed by atoms with Gasteiger partial charge >= 0.3 is 0 Å². The maximum atomic E-state index is 4.41. The van der Waals surface area contributed by atoms with Gasteiger partial charge in [0.1, 0.15) is 5.82 Å². The second kappa shape index (κ2) is 6.45. The van der Waals surface area contributed by atoms with Crippen molar-refractivity contribution in [3.8, 4) is 0 Å². The summed E-state index contributed by atoms with van der Waals surface area (Å²) in [5, 5.41) is 3.52. The lowest BCUT2D eigenvalue weighted by Gasteiger charge is -2.21. The van der Waals surface area contributed by atoms with Crippen LogP contribution >= 0.6 is 11.8 Å². The Kier molecular flexibility index (Phi) is 5.53. The fourth-order valence-corrected chi connectivity index (χ4v) is 2.10. The molecule has 0 saturated heterocycles. The van der Waals surface area contributed by atoms with Gasteiger partial charge in [-0.1, -0.05) is 0 Å². The molecule has 17 heavy (non-hydrogen) atoms. The summed E-state index contributed by atoms with van der Waals surface area (Å²) < 4.78 is 2.33. The Balaban J connectivity index is 2.59. The van der Waals surface area contributed by atoms with E-state index in [2.05, 4.69) is 48.8 Å². The zero-order valence-electron chi connectivity index (χ0n) is 11.7. The van der Waals surface area contributed by atoms with E-state index in [-0.39, 0.29) is 5.54 Å². The van der Waals surface area contributed by atoms with Gasteiger partial charge in [-0.2, -0.15) is 11.8 Å². The van der Waals surface area contributed by atoms with Gasteiger partial charge in [0.15, 0.2) is 0 Å². The van der Waals surface area contributed by atoms with E-state index in [0.717, 1.165) is 18.9 Å². The number of thioether (sulfide) groups is 1. The molecule has 0 spiro atoms. The highest BCUT2D eigenvalue weighted by Crippen LogP contribution is 2.09. The molecule has 0 aliphatic heterocycles. The molecule has 1 aromatic heterocycles. The van der Waals surface area contributed by atoms with Gasteiger partial charge in [-0.15, -0.1) is 0 Å². The molecule has 1 heterocycles. The summed E-state index contributed by atoms with van der Waals surface area (Å²) in [5.74, 6) is 2.33. The number of aromatic nitrogens is 2. The highest BCUT2D eigenvalue weighted by Gasteiger charge is 2.11. The standard InChI is InChI=1S/C13H25N3S/c1-11-14-9-12(10-15-13(2,3)4)16(11)7-6-8-17-5/h9,15H,6-8,10H2,1-5H3. The summed E-state index contributed by atoms with van der Waals surface area (Å²) in [6.45, 7) is 10.6. The number of rotatable bonds is 6. The first-order chi connectivity index (χ1) is 7.94. The number of aryl methyl sites for hydroxylation is 1. The average molecular weight is 255 g/mol. The molecule has 4 heteroatoms. The van der Waals surface area contributed by atoms with Crippen LogP contribution in [0.25, 0.3) is 0 Å². The predicted molar refractivity (Wildman–Crippen MR) is 76.6 cm³/mol. The van der Waals surface area contributed by atoms with Crippen LogP contribution in [0.1, 0.15) is 38.7 Å². The van der Waals surface area contributed by atoms with E-state index in [1.165, 1.54) is 17.9 Å². The van der Waals surface area contributed by atoms with Crippen molar-refractivity contribution in [2.75, 3.05) is 12.0 Å². The van der Waals surface area contributed by atoms with Crippen molar-refractivity contribution in [2.45, 2.75) is 52.7 Å². The molecule has 0 atom stereocenters. The van der Waals surface area contributed by atoms with Crippen molar-refractivity contribution in [1.82, 2.24) is 14.9 Å². The summed E-state index contributed by atoms with van der Waals surface area (Å²) in [5.41, 5.74) is 1.45. The third-order valence-corrected chi connectivity index (χ3v) is 3.36. The number of imidazole rings is 1. The van der Waals surface area contributed by atoms with E-state index in [0.29, 0.717) is 0 Å². The van der Waals surface area contributed by atoms with Crippen LogP contribution in [-0.4, -0.2) is 27.1 Å². The summed E-state index contributed by atoms with van der Waals surface area (Å²) in [7, 11) is 0. The Morgan fingerprint density at radius 3 is 2.71 bits per heavy atom. The van der Waals surface area contributed by atoms with Gasteiger partial charge in [0.25, 0.3) is 0 Å². The van der Waals surface area contributed by atoms with Crippen molar-refractivity contribution < 1.29 is 0 Å². The molecule has 1 rings (SSSR count). The summed E-state index contributed by atoms with van der Waals surface area (Å²) in [6.07, 6.45) is 5.36. The minimum atomic E-state index is 0.155. The molecule has 0 amide bonds. The zero-order valence-corrected chi connectivity index (χ0v) is 12.5. The quantitative estimate of drug-likeness (QED) is 0.793. The lowest BCUT2D eigenvalue weighted by Crippen LogP contribution is -2.35. The first-order valence-electron chi connectivity index (χ1n) is 6.19. The Morgan fingerprint density at radius 2 is 2.12 bits per heavy atom. The van der Waals surface area contributed by atoms with Crippen molar-refractivity contribution >= 4 is 11.8 Å². The van der Waals surface area contributed by atoms with Gasteiger partial charge in [0, 0.05) is 24.8 Å². The molecule has 0 saturated carbocycles. The van der Waals surface area contributed by atoms with Crippen molar-refractivity contribution in [1.29, 1.82) is 0 Å². The monoisotopic (exact) mass is 255 g/mol. The molecule has 0 aliphatic rings. The lowest BCUT2D eigenvalue weighted by molar-refractivity contribution is 0.414. The summed E-state index contributed by atoms with van der Waals surface area (Å²) in [4.78, 5) is 4.41. The second-order valence-electron chi connectivity index (χ2n) is 5.40. The highest BCUT2D eigenvalue weighted by molar-refractivity contribution is 7.98. The molecule has 1 aromatic rings. The van der Waals surface area contributed by atoms with Crippen molar-refractivity contribution in [3.63, 3.8) is 0 Å². The van der Waals surface area contributed by atoms with Crippen LogP contribution in [0.2, 0.25) is 0 Å². The van der Waals surface area contributed by atoms with Gasteiger partial charge in [-0.25, -0.2) is 4.98 Å². The van der Waals surface area contributed by atoms with Crippen molar-refractivity contribution in [2.24, 2.45) is 0 Å². The number of nitrogens with one attached hydrogen (secondary N) is 1. The zero-order chi connectivity index (χ0) is 12.9. The lowest BCUT2D eigenvalue weighted by atomic mass is 10.1. The first kappa shape index (κ1) is 14.6. The Bertz CT molecular complexity index is 339. The molecule has 0 aromatic carbocycles. The maximum absolute atomic E-state index is 4.41. The van der Waals surface area contributed by atoms with Crippen molar-refractivity contribution in [3.05, 3.63) is 17.7 Å². The van der Waals surface area contributed by atoms with Crippen LogP contribution in [0.15, 0.2) is 6.20 Å². The number of nitrogens with zero attached hydrogens (tertiary/aromatic N) is 2. The first-order valence-corrected chi connectivity index (χ1v) is 7.58. The molecule has 0 unspecified atom stereocenters. The van der Waals surface area contributed by atoms with Crippen LogP contribution in [0.4, 0.5) is 0 Å². The van der Waals surface area contributed by atoms with Gasteiger partial charge in [-0.3, -0.25) is 0 Å². The van der Waals surface area contributed by atoms with Gasteiger partial charge in [0.05, 0.1) is 5.69 Å². The van der Waals surface area contributed by atoms with Crippen LogP contribution in [0, 0.1) is 6.92 Å². The second-order valence-corrected chi connectivity index (χ2v) is 6.38. The minimum Gasteiger partial charge on any atom is -0.331 e. The third-order valence-electron chi connectivity index (χ3n) is 2.67. The topological polar surface area (TPSA) is 29.9 Å². The molecule has 0 fully saturated rings. The molecule has 3 nitrogen and oxygen atoms in total. The molecule has 0 bridgehead atoms. The third kappa shape index (κ3) is 5.13. The Hall–Kier alpha value is -0.480. The smallest absolute Gasteiger partial charge is 0.105 e. The highest BCUT2D eigenvalue weighted by atomic mass is 32.2. The van der Waals surface area contributed by atoms with Crippen LogP contribution in [0.5, 0.6) is 0 Å². The fraction of sp³-hybridized carbons (Fsp3) is 0.769. The van der Waals surface area contributed by atoms with E-state index in [4.69, 9.17) is 0 Å². The molecule has 0 aliphatic carbocycles. The molecular weight excluding hydrogens is 230 g/mol. The molecule has 1 N–H and O–H groups in total. The van der Waals surface area contributed by atoms with Crippen LogP contribution < -0.4 is 5.32 Å². The van der Waals surface area contributed by atoms with Gasteiger partial charge in [-0.05, 0) is 46.1 Å². The largest absolute Gasteiger partial charge is 0.331 e. The maximum Gasteiger partial charge on any atom is 0.105 e.